The van der Waals surface area contributed by atoms with Gasteiger partial charge in [-0.3, -0.25) is 14.7 Å². The molecule has 34 heavy (non-hydrogen) atoms. The maximum absolute atomic E-state index is 12.4. The van der Waals surface area contributed by atoms with Gasteiger partial charge in [-0.05, 0) is 82.4 Å². The van der Waals surface area contributed by atoms with Crippen molar-refractivity contribution in [2.24, 2.45) is 0 Å². The Balaban J connectivity index is 1.59. The van der Waals surface area contributed by atoms with Gasteiger partial charge < -0.3 is 15.0 Å². The molecule has 1 aromatic carbocycles. The van der Waals surface area contributed by atoms with Crippen LogP contribution in [-0.4, -0.2) is 47.1 Å². The average molecular weight is 465 g/mol. The first-order valence-electron chi connectivity index (χ1n) is 12.4. The summed E-state index contributed by atoms with van der Waals surface area (Å²) in [5, 5.41) is 3.00. The van der Waals surface area contributed by atoms with Crippen LogP contribution in [0.2, 0.25) is 0 Å². The third-order valence-corrected chi connectivity index (χ3v) is 6.63. The van der Waals surface area contributed by atoms with Crippen molar-refractivity contribution >= 4 is 17.7 Å². The predicted octanol–water partition coefficient (Wildman–Crippen LogP) is 5.06. The van der Waals surface area contributed by atoms with Crippen LogP contribution in [0.5, 0.6) is 0 Å². The molecule has 2 aliphatic heterocycles. The first kappa shape index (κ1) is 24.2. The third-order valence-electron chi connectivity index (χ3n) is 6.63. The van der Waals surface area contributed by atoms with Crippen LogP contribution in [0.15, 0.2) is 36.5 Å². The van der Waals surface area contributed by atoms with Gasteiger partial charge in [0.1, 0.15) is 0 Å². The zero-order valence-corrected chi connectivity index (χ0v) is 20.7. The Bertz CT molecular complexity index is 1020. The number of aromatic nitrogens is 1. The van der Waals surface area contributed by atoms with Gasteiger partial charge in [-0.15, -0.1) is 0 Å². The summed E-state index contributed by atoms with van der Waals surface area (Å²) >= 11 is 0. The fraction of sp³-hybridized carbons (Fsp3) is 0.519. The molecule has 0 unspecified atom stereocenters. The number of nitrogens with one attached hydrogen (secondary N) is 1. The van der Waals surface area contributed by atoms with E-state index in [0.717, 1.165) is 42.1 Å². The fourth-order valence-electron chi connectivity index (χ4n) is 5.09. The van der Waals surface area contributed by atoms with Gasteiger partial charge in [-0.2, -0.15) is 0 Å². The number of hydrogen-bond acceptors (Lipinski definition) is 5. The van der Waals surface area contributed by atoms with E-state index in [1.54, 1.807) is 11.8 Å². The highest BCUT2D eigenvalue weighted by Crippen LogP contribution is 2.39. The second-order valence-electron chi connectivity index (χ2n) is 9.79. The van der Waals surface area contributed by atoms with Crippen molar-refractivity contribution in [3.63, 3.8) is 0 Å². The lowest BCUT2D eigenvalue weighted by Crippen LogP contribution is -2.45. The zero-order chi connectivity index (χ0) is 24.2. The van der Waals surface area contributed by atoms with E-state index in [-0.39, 0.29) is 24.1 Å². The molecule has 0 spiro atoms. The van der Waals surface area contributed by atoms with Crippen LogP contribution in [0.25, 0.3) is 11.3 Å². The quantitative estimate of drug-likeness (QED) is 0.670. The number of piperidine rings is 1. The number of carbonyl (C=O) groups excluding carboxylic acids is 2. The summed E-state index contributed by atoms with van der Waals surface area (Å²) in [5.74, 6) is -0.00935. The lowest BCUT2D eigenvalue weighted by Gasteiger charge is -2.39. The molecule has 2 aromatic rings. The van der Waals surface area contributed by atoms with Crippen molar-refractivity contribution in [1.29, 1.82) is 0 Å². The van der Waals surface area contributed by atoms with E-state index in [2.05, 4.69) is 22.3 Å². The first-order chi connectivity index (χ1) is 16.3. The molecular formula is C27H36N4O3. The van der Waals surface area contributed by atoms with Crippen molar-refractivity contribution in [3.8, 4) is 11.3 Å². The molecule has 1 N–H and O–H groups in total. The Kier molecular flexibility index (Phi) is 7.51. The molecule has 2 amide bonds. The number of nitrogens with zero attached hydrogens (tertiary/aromatic N) is 3. The van der Waals surface area contributed by atoms with E-state index < -0.39 is 6.09 Å². The largest absolute Gasteiger partial charge is 0.447 e. The Morgan fingerprint density at radius 1 is 1.15 bits per heavy atom. The second kappa shape index (κ2) is 10.6. The lowest BCUT2D eigenvalue weighted by atomic mass is 9.89. The van der Waals surface area contributed by atoms with Gasteiger partial charge in [0, 0.05) is 37.0 Å². The summed E-state index contributed by atoms with van der Waals surface area (Å²) in [6.07, 6.45) is 5.81. The normalized spacial score (nSPS) is 20.7. The number of ether oxygens (including phenoxy) is 1. The zero-order valence-electron chi connectivity index (χ0n) is 20.7. The Hall–Kier alpha value is -2.93. The number of benzene rings is 1. The van der Waals surface area contributed by atoms with Gasteiger partial charge in [-0.1, -0.05) is 18.6 Å². The highest BCUT2D eigenvalue weighted by atomic mass is 16.6. The smallest absolute Gasteiger partial charge is 0.407 e. The highest BCUT2D eigenvalue weighted by molar-refractivity contribution is 5.94. The number of amides is 2. The van der Waals surface area contributed by atoms with E-state index in [0.29, 0.717) is 6.42 Å². The van der Waals surface area contributed by atoms with Crippen LogP contribution in [0.3, 0.4) is 0 Å². The Morgan fingerprint density at radius 2 is 1.91 bits per heavy atom. The summed E-state index contributed by atoms with van der Waals surface area (Å²) in [6.45, 7) is 10.5. The summed E-state index contributed by atoms with van der Waals surface area (Å²) < 4.78 is 5.32. The number of pyridine rings is 1. The van der Waals surface area contributed by atoms with Crippen LogP contribution in [0.1, 0.15) is 70.5 Å². The molecule has 1 fully saturated rings. The predicted molar refractivity (Wildman–Crippen MR) is 134 cm³/mol. The van der Waals surface area contributed by atoms with Crippen molar-refractivity contribution in [2.75, 3.05) is 18.0 Å². The second-order valence-corrected chi connectivity index (χ2v) is 9.79. The molecular weight excluding hydrogens is 428 g/mol. The number of likely N-dealkylation sites (tertiary alicyclic amines) is 1. The van der Waals surface area contributed by atoms with Crippen LogP contribution in [0, 0.1) is 0 Å². The molecule has 2 aliphatic rings. The maximum atomic E-state index is 12.4. The molecule has 0 saturated carbocycles. The van der Waals surface area contributed by atoms with Crippen LogP contribution >= 0.6 is 0 Å². The summed E-state index contributed by atoms with van der Waals surface area (Å²) in [6, 6.07) is 9.94. The maximum Gasteiger partial charge on any atom is 0.407 e. The molecule has 0 aliphatic carbocycles. The van der Waals surface area contributed by atoms with E-state index in [9.17, 15) is 9.59 Å². The molecule has 182 valence electrons. The molecule has 7 heteroatoms. The van der Waals surface area contributed by atoms with E-state index >= 15 is 0 Å². The highest BCUT2D eigenvalue weighted by Gasteiger charge is 2.34. The molecule has 0 radical (unpaired) electrons. The van der Waals surface area contributed by atoms with Crippen molar-refractivity contribution < 1.29 is 14.3 Å². The Labute approximate surface area is 202 Å². The summed E-state index contributed by atoms with van der Waals surface area (Å²) in [4.78, 5) is 33.8. The van der Waals surface area contributed by atoms with Gasteiger partial charge in [0.25, 0.3) is 0 Å². The van der Waals surface area contributed by atoms with Crippen molar-refractivity contribution in [1.82, 2.24) is 15.2 Å². The third kappa shape index (κ3) is 5.58. The van der Waals surface area contributed by atoms with Crippen LogP contribution in [0.4, 0.5) is 10.5 Å². The topological polar surface area (TPSA) is 74.8 Å². The number of fused-ring (bicyclic) bond motifs is 1. The molecule has 1 aromatic heterocycles. The number of anilines is 1. The van der Waals surface area contributed by atoms with E-state index in [1.165, 1.54) is 24.8 Å². The lowest BCUT2D eigenvalue weighted by molar-refractivity contribution is -0.117. The molecule has 1 saturated heterocycles. The molecule has 2 atom stereocenters. The number of rotatable bonds is 5. The van der Waals surface area contributed by atoms with E-state index in [1.807, 2.05) is 45.2 Å². The van der Waals surface area contributed by atoms with Gasteiger partial charge in [0.15, 0.2) is 0 Å². The van der Waals surface area contributed by atoms with Gasteiger partial charge >= 0.3 is 6.09 Å². The first-order valence-corrected chi connectivity index (χ1v) is 12.4. The SMILES string of the molecule is CC(=O)N1c2ccc(-c3ccc(CN4CCCCC4)cn3)cc2[C@@H](NC(=O)OC(C)C)C[C@H]1C. The molecule has 0 bridgehead atoms. The van der Waals surface area contributed by atoms with Gasteiger partial charge in [0.05, 0.1) is 17.8 Å². The standard InChI is InChI=1S/C27H36N4O3/c1-18(2)34-27(33)29-25-14-19(3)31(20(4)32)26-11-9-22(15-23(25)26)24-10-8-21(16-28-24)17-30-12-6-5-7-13-30/h8-11,15-16,18-19,25H,5-7,12-14,17H2,1-4H3,(H,29,33)/t19-,25+/m1/s1. The van der Waals surface area contributed by atoms with E-state index in [4.69, 9.17) is 9.72 Å². The van der Waals surface area contributed by atoms with Crippen molar-refractivity contribution in [3.05, 3.63) is 47.7 Å². The van der Waals surface area contributed by atoms with Crippen LogP contribution in [-0.2, 0) is 16.1 Å². The molecule has 4 rings (SSSR count). The monoisotopic (exact) mass is 464 g/mol. The molecule has 7 nitrogen and oxygen atoms in total. The van der Waals surface area contributed by atoms with Gasteiger partial charge in [-0.25, -0.2) is 4.79 Å². The summed E-state index contributed by atoms with van der Waals surface area (Å²) in [7, 11) is 0. The summed E-state index contributed by atoms with van der Waals surface area (Å²) in [5.41, 5.74) is 4.79. The molecule has 3 heterocycles. The minimum absolute atomic E-state index is 0.00935. The Morgan fingerprint density at radius 3 is 2.56 bits per heavy atom. The van der Waals surface area contributed by atoms with Crippen molar-refractivity contribution in [2.45, 2.75) is 78.1 Å². The van der Waals surface area contributed by atoms with Crippen LogP contribution < -0.4 is 10.2 Å². The fourth-order valence-corrected chi connectivity index (χ4v) is 5.09. The van der Waals surface area contributed by atoms with Gasteiger partial charge in [0.2, 0.25) is 5.91 Å². The number of alkyl carbamates (subject to hydrolysis) is 1. The minimum Gasteiger partial charge on any atom is -0.447 e. The average Bonchev–Trinajstić information content (AvgIpc) is 2.79. The number of hydrogen-bond donors (Lipinski definition) is 1. The number of carbonyl (C=O) groups is 2. The minimum atomic E-state index is -0.444.